The van der Waals surface area contributed by atoms with Gasteiger partial charge in [0, 0.05) is 25.2 Å². The highest BCUT2D eigenvalue weighted by Gasteiger charge is 2.43. The van der Waals surface area contributed by atoms with Crippen molar-refractivity contribution in [3.8, 4) is 0 Å². The maximum absolute atomic E-state index is 10.7. The third-order valence-corrected chi connectivity index (χ3v) is 3.27. The molecule has 2 fully saturated rings. The van der Waals surface area contributed by atoms with Gasteiger partial charge >= 0.3 is 0 Å². The Labute approximate surface area is 103 Å². The van der Waals surface area contributed by atoms with E-state index in [1.54, 1.807) is 0 Å². The minimum Gasteiger partial charge on any atom is -0.351 e. The van der Waals surface area contributed by atoms with Gasteiger partial charge in [0.25, 0.3) is 5.69 Å². The van der Waals surface area contributed by atoms with Crippen molar-refractivity contribution in [3.63, 3.8) is 0 Å². The highest BCUT2D eigenvalue weighted by molar-refractivity contribution is 5.47. The summed E-state index contributed by atoms with van der Waals surface area (Å²) in [5.74, 6) is 0.0620. The SMILES string of the molecule is O=[N+]([O-])c1ccnc(N2CCC3(C2)OCCO3)c1. The Hall–Kier alpha value is -1.73. The molecule has 0 N–H and O–H groups in total. The minimum atomic E-state index is -0.535. The fourth-order valence-electron chi connectivity index (χ4n) is 2.38. The van der Waals surface area contributed by atoms with Crippen molar-refractivity contribution in [3.05, 3.63) is 28.4 Å². The molecule has 7 nitrogen and oxygen atoms in total. The number of pyridine rings is 1. The molecule has 0 radical (unpaired) electrons. The standard InChI is InChI=1S/C11H13N3O4/c15-14(16)9-1-3-12-10(7-9)13-4-2-11(8-13)17-5-6-18-11/h1,3,7H,2,4-6,8H2. The molecule has 0 aliphatic carbocycles. The average Bonchev–Trinajstić information content (AvgIpc) is 3.01. The molecule has 7 heteroatoms. The van der Waals surface area contributed by atoms with Gasteiger partial charge in [0.2, 0.25) is 0 Å². The van der Waals surface area contributed by atoms with Crippen LogP contribution in [0.3, 0.4) is 0 Å². The summed E-state index contributed by atoms with van der Waals surface area (Å²) in [7, 11) is 0. The number of hydrogen-bond acceptors (Lipinski definition) is 6. The molecule has 1 spiro atoms. The Morgan fingerprint density at radius 2 is 2.22 bits per heavy atom. The van der Waals surface area contributed by atoms with E-state index in [-0.39, 0.29) is 5.69 Å². The molecule has 2 saturated heterocycles. The van der Waals surface area contributed by atoms with Crippen molar-refractivity contribution >= 4 is 11.5 Å². The van der Waals surface area contributed by atoms with Crippen LogP contribution in [0.25, 0.3) is 0 Å². The lowest BCUT2D eigenvalue weighted by atomic mass is 10.2. The second-order valence-electron chi connectivity index (χ2n) is 4.41. The first-order valence-corrected chi connectivity index (χ1v) is 5.82. The summed E-state index contributed by atoms with van der Waals surface area (Å²) in [4.78, 5) is 16.4. The van der Waals surface area contributed by atoms with Crippen molar-refractivity contribution in [2.45, 2.75) is 12.2 Å². The van der Waals surface area contributed by atoms with Gasteiger partial charge in [-0.2, -0.15) is 0 Å². The van der Waals surface area contributed by atoms with Gasteiger partial charge in [-0.15, -0.1) is 0 Å². The topological polar surface area (TPSA) is 77.7 Å². The average molecular weight is 251 g/mol. The Morgan fingerprint density at radius 3 is 2.94 bits per heavy atom. The molecule has 0 saturated carbocycles. The maximum Gasteiger partial charge on any atom is 0.274 e. The number of aromatic nitrogens is 1. The molecule has 0 aromatic carbocycles. The van der Waals surface area contributed by atoms with E-state index in [1.165, 1.54) is 18.3 Å². The molecule has 3 heterocycles. The van der Waals surface area contributed by atoms with Gasteiger partial charge in [-0.1, -0.05) is 0 Å². The highest BCUT2D eigenvalue weighted by atomic mass is 16.7. The van der Waals surface area contributed by atoms with E-state index in [4.69, 9.17) is 9.47 Å². The Morgan fingerprint density at radius 1 is 1.44 bits per heavy atom. The lowest BCUT2D eigenvalue weighted by molar-refractivity contribution is -0.384. The molecule has 0 unspecified atom stereocenters. The van der Waals surface area contributed by atoms with Crippen molar-refractivity contribution in [2.24, 2.45) is 0 Å². The predicted molar refractivity (Wildman–Crippen MR) is 62.4 cm³/mol. The number of ether oxygens (including phenoxy) is 2. The molecular weight excluding hydrogens is 238 g/mol. The Bertz CT molecular complexity index is 473. The molecule has 0 amide bonds. The van der Waals surface area contributed by atoms with Crippen molar-refractivity contribution in [1.29, 1.82) is 0 Å². The zero-order valence-corrected chi connectivity index (χ0v) is 9.74. The first-order chi connectivity index (χ1) is 8.69. The van der Waals surface area contributed by atoms with Crippen molar-refractivity contribution in [2.75, 3.05) is 31.2 Å². The zero-order chi connectivity index (χ0) is 12.6. The van der Waals surface area contributed by atoms with Crippen LogP contribution in [0.4, 0.5) is 11.5 Å². The number of rotatable bonds is 2. The molecule has 18 heavy (non-hydrogen) atoms. The van der Waals surface area contributed by atoms with Crippen LogP contribution in [0.1, 0.15) is 6.42 Å². The van der Waals surface area contributed by atoms with Gasteiger partial charge in [-0.05, 0) is 0 Å². The quantitative estimate of drug-likeness (QED) is 0.575. The van der Waals surface area contributed by atoms with Gasteiger partial charge in [-0.25, -0.2) is 4.98 Å². The van der Waals surface area contributed by atoms with Gasteiger partial charge in [0.05, 0.1) is 30.7 Å². The first-order valence-electron chi connectivity index (χ1n) is 5.82. The molecule has 96 valence electrons. The normalized spacial score (nSPS) is 21.7. The zero-order valence-electron chi connectivity index (χ0n) is 9.74. The van der Waals surface area contributed by atoms with Crippen molar-refractivity contribution < 1.29 is 14.4 Å². The van der Waals surface area contributed by atoms with E-state index in [2.05, 4.69) is 4.98 Å². The molecule has 2 aliphatic rings. The summed E-state index contributed by atoms with van der Waals surface area (Å²) in [6.45, 7) is 2.52. The second kappa shape index (κ2) is 4.18. The monoisotopic (exact) mass is 251 g/mol. The summed E-state index contributed by atoms with van der Waals surface area (Å²) in [5, 5.41) is 10.7. The summed E-state index contributed by atoms with van der Waals surface area (Å²) in [6.07, 6.45) is 2.21. The summed E-state index contributed by atoms with van der Waals surface area (Å²) in [6, 6.07) is 2.87. The molecule has 2 aliphatic heterocycles. The third-order valence-electron chi connectivity index (χ3n) is 3.27. The fourth-order valence-corrected chi connectivity index (χ4v) is 2.38. The van der Waals surface area contributed by atoms with Gasteiger partial charge in [-0.3, -0.25) is 10.1 Å². The second-order valence-corrected chi connectivity index (χ2v) is 4.41. The van der Waals surface area contributed by atoms with E-state index in [1.807, 2.05) is 4.90 Å². The number of nitro groups is 1. The summed E-state index contributed by atoms with van der Waals surface area (Å²) in [5.41, 5.74) is 0.0502. The maximum atomic E-state index is 10.7. The molecule has 0 atom stereocenters. The van der Waals surface area contributed by atoms with Crippen LogP contribution in [0.2, 0.25) is 0 Å². The fraction of sp³-hybridized carbons (Fsp3) is 0.545. The smallest absolute Gasteiger partial charge is 0.274 e. The molecule has 1 aromatic rings. The highest BCUT2D eigenvalue weighted by Crippen LogP contribution is 2.33. The largest absolute Gasteiger partial charge is 0.351 e. The van der Waals surface area contributed by atoms with Crippen LogP contribution >= 0.6 is 0 Å². The Balaban J connectivity index is 1.80. The van der Waals surface area contributed by atoms with Crippen LogP contribution in [-0.4, -0.2) is 42.0 Å². The van der Waals surface area contributed by atoms with Crippen LogP contribution in [0.15, 0.2) is 18.3 Å². The molecular formula is C11H13N3O4. The number of anilines is 1. The number of hydrogen-bond donors (Lipinski definition) is 0. The lowest BCUT2D eigenvalue weighted by Crippen LogP contribution is -2.34. The Kier molecular flexibility index (Phi) is 2.64. The molecule has 3 rings (SSSR count). The van der Waals surface area contributed by atoms with E-state index >= 15 is 0 Å². The van der Waals surface area contributed by atoms with E-state index in [0.717, 1.165) is 13.0 Å². The van der Waals surface area contributed by atoms with E-state index < -0.39 is 10.7 Å². The molecule has 1 aromatic heterocycles. The van der Waals surface area contributed by atoms with Gasteiger partial charge in [0.15, 0.2) is 5.79 Å². The summed E-state index contributed by atoms with van der Waals surface area (Å²) < 4.78 is 11.2. The van der Waals surface area contributed by atoms with Crippen LogP contribution in [0, 0.1) is 10.1 Å². The van der Waals surface area contributed by atoms with Crippen molar-refractivity contribution in [1.82, 2.24) is 4.98 Å². The van der Waals surface area contributed by atoms with E-state index in [0.29, 0.717) is 25.6 Å². The van der Waals surface area contributed by atoms with Crippen LogP contribution < -0.4 is 4.90 Å². The third kappa shape index (κ3) is 1.91. The number of nitrogens with zero attached hydrogens (tertiary/aromatic N) is 3. The minimum absolute atomic E-state index is 0.0502. The van der Waals surface area contributed by atoms with Crippen LogP contribution in [0.5, 0.6) is 0 Å². The van der Waals surface area contributed by atoms with E-state index in [9.17, 15) is 10.1 Å². The first kappa shape index (κ1) is 11.4. The molecule has 0 bridgehead atoms. The predicted octanol–water partition coefficient (Wildman–Crippen LogP) is 0.943. The van der Waals surface area contributed by atoms with Gasteiger partial charge < -0.3 is 14.4 Å². The van der Waals surface area contributed by atoms with Gasteiger partial charge in [0.1, 0.15) is 5.82 Å². The van der Waals surface area contributed by atoms with Crippen LogP contribution in [-0.2, 0) is 9.47 Å². The summed E-state index contributed by atoms with van der Waals surface area (Å²) >= 11 is 0. The lowest BCUT2D eigenvalue weighted by Gasteiger charge is -2.22.